The lowest BCUT2D eigenvalue weighted by atomic mass is 10.2. The van der Waals surface area contributed by atoms with E-state index in [0.717, 1.165) is 18.5 Å². The zero-order valence-corrected chi connectivity index (χ0v) is 13.4. The van der Waals surface area contributed by atoms with Gasteiger partial charge in [0.25, 0.3) is 0 Å². The van der Waals surface area contributed by atoms with E-state index in [1.807, 2.05) is 29.0 Å². The number of carbonyl (C=O) groups excluding carboxylic acids is 1. The molecule has 2 aromatic rings. The second kappa shape index (κ2) is 8.63. The maximum Gasteiger partial charge on any atom is 0.244 e. The van der Waals surface area contributed by atoms with Crippen molar-refractivity contribution in [3.8, 4) is 11.5 Å². The molecule has 1 amide bonds. The van der Waals surface area contributed by atoms with E-state index < -0.39 is 0 Å². The molecule has 2 rings (SSSR count). The smallest absolute Gasteiger partial charge is 0.244 e. The quantitative estimate of drug-likeness (QED) is 0.598. The van der Waals surface area contributed by atoms with Crippen molar-refractivity contribution in [2.45, 2.75) is 13.0 Å². The second-order valence-corrected chi connectivity index (χ2v) is 4.89. The number of benzene rings is 1. The van der Waals surface area contributed by atoms with Crippen molar-refractivity contribution in [2.24, 2.45) is 0 Å². The number of amides is 1. The summed E-state index contributed by atoms with van der Waals surface area (Å²) in [4.78, 5) is 15.8. The molecule has 23 heavy (non-hydrogen) atoms. The lowest BCUT2D eigenvalue weighted by molar-refractivity contribution is -0.116. The molecule has 0 aliphatic heterocycles. The van der Waals surface area contributed by atoms with Crippen molar-refractivity contribution in [3.05, 3.63) is 48.6 Å². The van der Waals surface area contributed by atoms with Crippen LogP contribution in [-0.2, 0) is 11.3 Å². The highest BCUT2D eigenvalue weighted by molar-refractivity contribution is 5.91. The van der Waals surface area contributed by atoms with E-state index in [1.54, 1.807) is 32.8 Å². The van der Waals surface area contributed by atoms with E-state index in [1.165, 1.54) is 6.08 Å². The highest BCUT2D eigenvalue weighted by Crippen LogP contribution is 2.27. The molecule has 0 saturated carbocycles. The number of nitrogens with zero attached hydrogens (tertiary/aromatic N) is 2. The van der Waals surface area contributed by atoms with Crippen molar-refractivity contribution in [2.75, 3.05) is 20.8 Å². The predicted molar refractivity (Wildman–Crippen MR) is 88.4 cm³/mol. The normalized spacial score (nSPS) is 10.7. The Morgan fingerprint density at radius 1 is 1.30 bits per heavy atom. The van der Waals surface area contributed by atoms with Gasteiger partial charge in [0.15, 0.2) is 11.5 Å². The molecular weight excluding hydrogens is 294 g/mol. The summed E-state index contributed by atoms with van der Waals surface area (Å²) in [6.45, 7) is 1.45. The third-order valence-corrected chi connectivity index (χ3v) is 3.29. The zero-order chi connectivity index (χ0) is 16.5. The number of imidazole rings is 1. The van der Waals surface area contributed by atoms with Gasteiger partial charge in [-0.1, -0.05) is 6.07 Å². The monoisotopic (exact) mass is 315 g/mol. The highest BCUT2D eigenvalue weighted by atomic mass is 16.5. The Kier molecular flexibility index (Phi) is 6.23. The molecule has 0 bridgehead atoms. The van der Waals surface area contributed by atoms with Gasteiger partial charge in [-0.3, -0.25) is 4.79 Å². The Bertz CT molecular complexity index is 651. The highest BCUT2D eigenvalue weighted by Gasteiger charge is 2.03. The fourth-order valence-corrected chi connectivity index (χ4v) is 2.08. The first kappa shape index (κ1) is 16.6. The Hall–Kier alpha value is -2.76. The van der Waals surface area contributed by atoms with E-state index in [-0.39, 0.29) is 5.91 Å². The lowest BCUT2D eigenvalue weighted by Crippen LogP contribution is -2.22. The first-order valence-electron chi connectivity index (χ1n) is 7.36. The standard InChI is InChI=1S/C17H21N3O3/c1-22-15-6-4-14(12-16(15)23-2)5-7-17(21)19-8-3-10-20-11-9-18-13-20/h4-7,9,11-13H,3,8,10H2,1-2H3,(H,19,21). The van der Waals surface area contributed by atoms with Crippen LogP contribution in [0, 0.1) is 0 Å². The molecule has 1 aromatic heterocycles. The lowest BCUT2D eigenvalue weighted by Gasteiger charge is -2.07. The van der Waals surface area contributed by atoms with Crippen molar-refractivity contribution in [1.29, 1.82) is 0 Å². The Labute approximate surface area is 135 Å². The number of aryl methyl sites for hydroxylation is 1. The Balaban J connectivity index is 1.79. The third kappa shape index (κ3) is 5.18. The molecule has 0 saturated heterocycles. The Morgan fingerprint density at radius 3 is 2.83 bits per heavy atom. The van der Waals surface area contributed by atoms with Crippen LogP contribution in [0.25, 0.3) is 6.08 Å². The molecule has 0 fully saturated rings. The van der Waals surface area contributed by atoms with Crippen LogP contribution in [0.5, 0.6) is 11.5 Å². The molecule has 0 aliphatic rings. The molecule has 1 heterocycles. The summed E-state index contributed by atoms with van der Waals surface area (Å²) in [6, 6.07) is 5.49. The minimum Gasteiger partial charge on any atom is -0.493 e. The summed E-state index contributed by atoms with van der Waals surface area (Å²) in [6.07, 6.45) is 9.51. The van der Waals surface area contributed by atoms with Crippen molar-refractivity contribution >= 4 is 12.0 Å². The molecule has 122 valence electrons. The number of rotatable bonds is 8. The van der Waals surface area contributed by atoms with Crippen LogP contribution < -0.4 is 14.8 Å². The van der Waals surface area contributed by atoms with Gasteiger partial charge in [0.05, 0.1) is 20.5 Å². The van der Waals surface area contributed by atoms with Crippen molar-refractivity contribution in [1.82, 2.24) is 14.9 Å². The number of aromatic nitrogens is 2. The number of methoxy groups -OCH3 is 2. The summed E-state index contributed by atoms with van der Waals surface area (Å²) in [5.74, 6) is 1.18. The molecule has 0 radical (unpaired) electrons. The van der Waals surface area contributed by atoms with Gasteiger partial charge in [-0.05, 0) is 30.2 Å². The average Bonchev–Trinajstić information content (AvgIpc) is 3.10. The van der Waals surface area contributed by atoms with Crippen LogP contribution in [0.3, 0.4) is 0 Å². The maximum absolute atomic E-state index is 11.8. The second-order valence-electron chi connectivity index (χ2n) is 4.89. The van der Waals surface area contributed by atoms with Gasteiger partial charge in [0.2, 0.25) is 5.91 Å². The molecule has 0 spiro atoms. The molecule has 6 heteroatoms. The van der Waals surface area contributed by atoms with Gasteiger partial charge < -0.3 is 19.4 Å². The zero-order valence-electron chi connectivity index (χ0n) is 13.4. The van der Waals surface area contributed by atoms with Gasteiger partial charge >= 0.3 is 0 Å². The van der Waals surface area contributed by atoms with E-state index in [9.17, 15) is 4.79 Å². The first-order valence-corrected chi connectivity index (χ1v) is 7.36. The van der Waals surface area contributed by atoms with E-state index in [2.05, 4.69) is 10.3 Å². The topological polar surface area (TPSA) is 65.4 Å². The van der Waals surface area contributed by atoms with E-state index in [4.69, 9.17) is 9.47 Å². The number of ether oxygens (including phenoxy) is 2. The number of nitrogens with one attached hydrogen (secondary N) is 1. The first-order chi connectivity index (χ1) is 11.2. The maximum atomic E-state index is 11.8. The van der Waals surface area contributed by atoms with Gasteiger partial charge in [-0.15, -0.1) is 0 Å². The van der Waals surface area contributed by atoms with Crippen LogP contribution in [-0.4, -0.2) is 36.2 Å². The minimum atomic E-state index is -0.120. The van der Waals surface area contributed by atoms with E-state index >= 15 is 0 Å². The summed E-state index contributed by atoms with van der Waals surface area (Å²) in [7, 11) is 3.17. The molecular formula is C17H21N3O3. The van der Waals surface area contributed by atoms with Crippen molar-refractivity contribution < 1.29 is 14.3 Å². The molecule has 1 N–H and O–H groups in total. The van der Waals surface area contributed by atoms with Gasteiger partial charge in [0, 0.05) is 31.6 Å². The minimum absolute atomic E-state index is 0.120. The van der Waals surface area contributed by atoms with Gasteiger partial charge in [-0.25, -0.2) is 4.98 Å². The van der Waals surface area contributed by atoms with Crippen LogP contribution in [0.2, 0.25) is 0 Å². The van der Waals surface area contributed by atoms with Crippen LogP contribution in [0.1, 0.15) is 12.0 Å². The largest absolute Gasteiger partial charge is 0.493 e. The Morgan fingerprint density at radius 2 is 2.13 bits per heavy atom. The van der Waals surface area contributed by atoms with Gasteiger partial charge in [0.1, 0.15) is 0 Å². The van der Waals surface area contributed by atoms with E-state index in [0.29, 0.717) is 18.0 Å². The molecule has 0 atom stereocenters. The van der Waals surface area contributed by atoms with Crippen LogP contribution in [0.15, 0.2) is 43.0 Å². The molecule has 0 unspecified atom stereocenters. The van der Waals surface area contributed by atoms with Crippen LogP contribution >= 0.6 is 0 Å². The fraction of sp³-hybridized carbons (Fsp3) is 0.294. The fourth-order valence-electron chi connectivity index (χ4n) is 2.08. The SMILES string of the molecule is COc1ccc(C=CC(=O)NCCCn2ccnc2)cc1OC. The predicted octanol–water partition coefficient (Wildman–Crippen LogP) is 2.12. The number of hydrogen-bond donors (Lipinski definition) is 1. The number of carbonyl (C=O) groups is 1. The molecule has 1 aromatic carbocycles. The summed E-state index contributed by atoms with van der Waals surface area (Å²) in [5.41, 5.74) is 0.871. The summed E-state index contributed by atoms with van der Waals surface area (Å²) >= 11 is 0. The van der Waals surface area contributed by atoms with Crippen molar-refractivity contribution in [3.63, 3.8) is 0 Å². The molecule has 6 nitrogen and oxygen atoms in total. The average molecular weight is 315 g/mol. The third-order valence-electron chi connectivity index (χ3n) is 3.29. The van der Waals surface area contributed by atoms with Gasteiger partial charge in [-0.2, -0.15) is 0 Å². The summed E-state index contributed by atoms with van der Waals surface area (Å²) in [5, 5.41) is 2.85. The number of hydrogen-bond acceptors (Lipinski definition) is 4. The summed E-state index contributed by atoms with van der Waals surface area (Å²) < 4.78 is 12.4. The molecule has 0 aliphatic carbocycles. The van der Waals surface area contributed by atoms with Crippen LogP contribution in [0.4, 0.5) is 0 Å².